The number of likely N-dealkylation sites (tertiary alicyclic amines) is 1. The summed E-state index contributed by atoms with van der Waals surface area (Å²) in [5.74, 6) is 2.74. The highest BCUT2D eigenvalue weighted by Crippen LogP contribution is 2.38. The third-order valence-corrected chi connectivity index (χ3v) is 5.94. The summed E-state index contributed by atoms with van der Waals surface area (Å²) in [7, 11) is 4.80. The van der Waals surface area contributed by atoms with Gasteiger partial charge >= 0.3 is 0 Å². The van der Waals surface area contributed by atoms with Crippen LogP contribution in [0.2, 0.25) is 0 Å². The van der Waals surface area contributed by atoms with E-state index in [0.29, 0.717) is 36.0 Å². The summed E-state index contributed by atoms with van der Waals surface area (Å²) in [6.07, 6.45) is 3.33. The van der Waals surface area contributed by atoms with Crippen LogP contribution in [0.25, 0.3) is 0 Å². The van der Waals surface area contributed by atoms with Gasteiger partial charge in [0.05, 0.1) is 34.5 Å². The molecule has 3 rings (SSSR count). The first-order valence-corrected chi connectivity index (χ1v) is 10.5. The summed E-state index contributed by atoms with van der Waals surface area (Å²) in [6.45, 7) is 6.63. The van der Waals surface area contributed by atoms with E-state index in [1.807, 2.05) is 17.0 Å². The van der Waals surface area contributed by atoms with Gasteiger partial charge in [-0.15, -0.1) is 0 Å². The second kappa shape index (κ2) is 10.7. The Morgan fingerprint density at radius 2 is 1.62 bits per heavy atom. The van der Waals surface area contributed by atoms with Crippen molar-refractivity contribution < 1.29 is 23.7 Å². The molecule has 0 radical (unpaired) electrons. The fraction of sp³-hybridized carbons (Fsp3) is 0.682. The number of benzene rings is 1. The van der Waals surface area contributed by atoms with E-state index < -0.39 is 0 Å². The predicted octanol–water partition coefficient (Wildman–Crippen LogP) is 2.22. The summed E-state index contributed by atoms with van der Waals surface area (Å²) >= 11 is 0. The molecule has 0 unspecified atom stereocenters. The highest BCUT2D eigenvalue weighted by molar-refractivity contribution is 5.76. The van der Waals surface area contributed by atoms with E-state index in [-0.39, 0.29) is 5.91 Å². The molecule has 1 amide bonds. The lowest BCUT2D eigenvalue weighted by molar-refractivity contribution is -0.132. The van der Waals surface area contributed by atoms with Gasteiger partial charge in [0.15, 0.2) is 11.5 Å². The molecule has 2 saturated heterocycles. The van der Waals surface area contributed by atoms with Crippen LogP contribution >= 0.6 is 0 Å². The smallest absolute Gasteiger partial charge is 0.222 e. The number of nitrogens with zero attached hydrogens (tertiary/aromatic N) is 2. The van der Waals surface area contributed by atoms with Gasteiger partial charge in [0, 0.05) is 39.1 Å². The Morgan fingerprint density at radius 1 is 1.00 bits per heavy atom. The maximum atomic E-state index is 12.7. The maximum absolute atomic E-state index is 12.7. The average molecular weight is 407 g/mol. The van der Waals surface area contributed by atoms with Crippen LogP contribution in [-0.2, 0) is 16.0 Å². The second-order valence-electron chi connectivity index (χ2n) is 7.77. The fourth-order valence-electron chi connectivity index (χ4n) is 4.20. The average Bonchev–Trinajstić information content (AvgIpc) is 2.77. The molecule has 7 nitrogen and oxygen atoms in total. The summed E-state index contributed by atoms with van der Waals surface area (Å²) < 4.78 is 21.6. The monoisotopic (exact) mass is 406 g/mol. The Bertz CT molecular complexity index is 642. The first-order valence-electron chi connectivity index (χ1n) is 10.5. The van der Waals surface area contributed by atoms with E-state index in [0.717, 1.165) is 64.3 Å². The summed E-state index contributed by atoms with van der Waals surface area (Å²) in [5.41, 5.74) is 1.01. The number of rotatable bonds is 8. The molecule has 0 atom stereocenters. The van der Waals surface area contributed by atoms with Crippen molar-refractivity contribution in [2.24, 2.45) is 5.92 Å². The van der Waals surface area contributed by atoms with Gasteiger partial charge in [-0.05, 0) is 42.9 Å². The van der Waals surface area contributed by atoms with Crippen molar-refractivity contribution >= 4 is 5.91 Å². The number of morpholine rings is 1. The van der Waals surface area contributed by atoms with Crippen LogP contribution in [0.5, 0.6) is 17.2 Å². The highest BCUT2D eigenvalue weighted by Gasteiger charge is 2.25. The Morgan fingerprint density at radius 3 is 2.17 bits per heavy atom. The summed E-state index contributed by atoms with van der Waals surface area (Å²) in [4.78, 5) is 17.2. The molecule has 162 valence electrons. The molecule has 0 aliphatic carbocycles. The molecule has 7 heteroatoms. The zero-order valence-corrected chi connectivity index (χ0v) is 17.9. The van der Waals surface area contributed by atoms with Crippen molar-refractivity contribution in [2.45, 2.75) is 25.7 Å². The molecule has 0 aromatic heterocycles. The normalized spacial score (nSPS) is 18.5. The zero-order chi connectivity index (χ0) is 20.6. The minimum absolute atomic E-state index is 0.226. The fourth-order valence-corrected chi connectivity index (χ4v) is 4.20. The van der Waals surface area contributed by atoms with Crippen LogP contribution in [0.4, 0.5) is 0 Å². The van der Waals surface area contributed by atoms with E-state index in [1.54, 1.807) is 21.3 Å². The van der Waals surface area contributed by atoms with Gasteiger partial charge in [-0.1, -0.05) is 0 Å². The highest BCUT2D eigenvalue weighted by atomic mass is 16.5. The van der Waals surface area contributed by atoms with Crippen LogP contribution in [0.1, 0.15) is 24.8 Å². The number of aryl methyl sites for hydroxylation is 1. The lowest BCUT2D eigenvalue weighted by Gasteiger charge is -2.36. The number of methoxy groups -OCH3 is 3. The van der Waals surface area contributed by atoms with Crippen LogP contribution in [0.15, 0.2) is 12.1 Å². The van der Waals surface area contributed by atoms with Crippen molar-refractivity contribution in [3.63, 3.8) is 0 Å². The second-order valence-corrected chi connectivity index (χ2v) is 7.77. The third-order valence-electron chi connectivity index (χ3n) is 5.94. The summed E-state index contributed by atoms with van der Waals surface area (Å²) in [5, 5.41) is 0. The molecule has 2 aliphatic rings. The van der Waals surface area contributed by atoms with Crippen molar-refractivity contribution in [1.82, 2.24) is 9.80 Å². The molecular weight excluding hydrogens is 372 g/mol. The molecule has 2 heterocycles. The number of hydrogen-bond acceptors (Lipinski definition) is 6. The van der Waals surface area contributed by atoms with E-state index in [1.165, 1.54) is 0 Å². The summed E-state index contributed by atoms with van der Waals surface area (Å²) in [6, 6.07) is 3.84. The van der Waals surface area contributed by atoms with Gasteiger partial charge in [0.25, 0.3) is 0 Å². The Kier molecular flexibility index (Phi) is 8.00. The molecule has 0 N–H and O–H groups in total. The van der Waals surface area contributed by atoms with E-state index >= 15 is 0 Å². The first kappa shape index (κ1) is 21.7. The zero-order valence-electron chi connectivity index (χ0n) is 17.9. The van der Waals surface area contributed by atoms with Crippen LogP contribution in [0.3, 0.4) is 0 Å². The molecule has 0 bridgehead atoms. The number of carbonyl (C=O) groups is 1. The Labute approximate surface area is 173 Å². The van der Waals surface area contributed by atoms with Gasteiger partial charge in [-0.3, -0.25) is 9.69 Å². The minimum Gasteiger partial charge on any atom is -0.493 e. The minimum atomic E-state index is 0.226. The number of hydrogen-bond donors (Lipinski definition) is 0. The standard InChI is InChI=1S/C22H34N2O5/c1-26-19-14-18(15-20(27-2)22(19)28-3)4-5-21(25)24-8-6-17(7-9-24)16-23-10-12-29-13-11-23/h14-15,17H,4-13,16H2,1-3H3. The lowest BCUT2D eigenvalue weighted by Crippen LogP contribution is -2.44. The molecular formula is C22H34N2O5. The Balaban J connectivity index is 1.47. The SMILES string of the molecule is COc1cc(CCC(=O)N2CCC(CN3CCOCC3)CC2)cc(OC)c1OC. The molecule has 0 saturated carbocycles. The van der Waals surface area contributed by atoms with E-state index in [2.05, 4.69) is 4.90 Å². The van der Waals surface area contributed by atoms with Crippen LogP contribution in [0, 0.1) is 5.92 Å². The van der Waals surface area contributed by atoms with Gasteiger partial charge in [-0.2, -0.15) is 0 Å². The van der Waals surface area contributed by atoms with E-state index in [4.69, 9.17) is 18.9 Å². The number of carbonyl (C=O) groups excluding carboxylic acids is 1. The molecule has 29 heavy (non-hydrogen) atoms. The Hall–Kier alpha value is -1.99. The van der Waals surface area contributed by atoms with Crippen LogP contribution in [-0.4, -0.2) is 83.0 Å². The number of piperidine rings is 1. The van der Waals surface area contributed by atoms with Crippen molar-refractivity contribution in [3.8, 4) is 17.2 Å². The van der Waals surface area contributed by atoms with E-state index in [9.17, 15) is 4.79 Å². The third kappa shape index (κ3) is 5.76. The topological polar surface area (TPSA) is 60.5 Å². The number of ether oxygens (including phenoxy) is 4. The molecule has 2 fully saturated rings. The van der Waals surface area contributed by atoms with Crippen LogP contribution < -0.4 is 14.2 Å². The first-order chi connectivity index (χ1) is 14.1. The van der Waals surface area contributed by atoms with Crippen molar-refractivity contribution in [3.05, 3.63) is 17.7 Å². The number of amides is 1. The molecule has 1 aromatic rings. The predicted molar refractivity (Wildman–Crippen MR) is 111 cm³/mol. The molecule has 2 aliphatic heterocycles. The maximum Gasteiger partial charge on any atom is 0.222 e. The van der Waals surface area contributed by atoms with Gasteiger partial charge in [0.1, 0.15) is 0 Å². The van der Waals surface area contributed by atoms with Gasteiger partial charge < -0.3 is 23.8 Å². The largest absolute Gasteiger partial charge is 0.493 e. The van der Waals surface area contributed by atoms with Crippen molar-refractivity contribution in [1.29, 1.82) is 0 Å². The van der Waals surface area contributed by atoms with Crippen molar-refractivity contribution in [2.75, 3.05) is 67.3 Å². The quantitative estimate of drug-likeness (QED) is 0.660. The molecule has 1 aromatic carbocycles. The lowest BCUT2D eigenvalue weighted by atomic mass is 9.95. The van der Waals surface area contributed by atoms with Gasteiger partial charge in [-0.25, -0.2) is 0 Å². The van der Waals surface area contributed by atoms with Gasteiger partial charge in [0.2, 0.25) is 11.7 Å². The molecule has 0 spiro atoms.